The number of hydrogen-bond donors (Lipinski definition) is 0. The molecule has 0 spiro atoms. The Morgan fingerprint density at radius 3 is 1.50 bits per heavy atom. The molecule has 128 valence electrons. The summed E-state index contributed by atoms with van der Waals surface area (Å²) in [6.45, 7) is 0. The van der Waals surface area contributed by atoms with Crippen molar-refractivity contribution in [1.29, 1.82) is 0 Å². The second kappa shape index (κ2) is 6.84. The van der Waals surface area contributed by atoms with E-state index < -0.39 is 0 Å². The van der Waals surface area contributed by atoms with Crippen LogP contribution < -0.4 is 9.47 Å². The molecule has 4 aromatic rings. The highest BCUT2D eigenvalue weighted by Crippen LogP contribution is 2.27. The largest absolute Gasteiger partial charge is 0.481 e. The molecule has 0 aliphatic rings. The summed E-state index contributed by atoms with van der Waals surface area (Å²) in [6.07, 6.45) is 3.96. The molecule has 0 saturated carbocycles. The van der Waals surface area contributed by atoms with Crippen LogP contribution in [0.25, 0.3) is 34.0 Å². The first kappa shape index (κ1) is 16.1. The van der Waals surface area contributed by atoms with Crippen molar-refractivity contribution in [2.45, 2.75) is 0 Å². The maximum Gasteiger partial charge on any atom is 0.221 e. The molecule has 4 rings (SSSR count). The normalized spacial score (nSPS) is 11.3. The van der Waals surface area contributed by atoms with Crippen molar-refractivity contribution in [3.05, 3.63) is 71.8 Å². The molecular formula is C22H18N2O2. The van der Waals surface area contributed by atoms with Gasteiger partial charge in [0, 0.05) is 21.9 Å². The van der Waals surface area contributed by atoms with Crippen LogP contribution in [0.2, 0.25) is 0 Å². The Morgan fingerprint density at radius 2 is 1.08 bits per heavy atom. The molecule has 0 aliphatic heterocycles. The van der Waals surface area contributed by atoms with Gasteiger partial charge in [0.1, 0.15) is 0 Å². The van der Waals surface area contributed by atoms with Crippen LogP contribution in [0.4, 0.5) is 0 Å². The van der Waals surface area contributed by atoms with Crippen LogP contribution in [-0.2, 0) is 0 Å². The van der Waals surface area contributed by atoms with E-state index in [1.54, 1.807) is 14.2 Å². The smallest absolute Gasteiger partial charge is 0.221 e. The summed E-state index contributed by atoms with van der Waals surface area (Å²) < 4.78 is 10.9. The van der Waals surface area contributed by atoms with E-state index in [0.29, 0.717) is 11.8 Å². The lowest BCUT2D eigenvalue weighted by Crippen LogP contribution is -1.93. The summed E-state index contributed by atoms with van der Waals surface area (Å²) in [6, 6.07) is 20.1. The average molecular weight is 342 g/mol. The van der Waals surface area contributed by atoms with E-state index in [-0.39, 0.29) is 0 Å². The summed E-state index contributed by atoms with van der Waals surface area (Å²) in [5.41, 5.74) is 3.63. The fourth-order valence-electron chi connectivity index (χ4n) is 2.97. The van der Waals surface area contributed by atoms with Crippen LogP contribution in [-0.4, -0.2) is 24.2 Å². The van der Waals surface area contributed by atoms with Gasteiger partial charge >= 0.3 is 0 Å². The molecule has 0 radical (unpaired) electrons. The van der Waals surface area contributed by atoms with Crippen LogP contribution in [0, 0.1) is 0 Å². The van der Waals surface area contributed by atoms with Gasteiger partial charge in [-0.3, -0.25) is 0 Å². The van der Waals surface area contributed by atoms with E-state index in [1.807, 2.05) is 60.7 Å². The fraction of sp³-hybridized carbons (Fsp3) is 0.0909. The van der Waals surface area contributed by atoms with E-state index in [1.165, 1.54) is 0 Å². The standard InChI is InChI=1S/C22H18N2O2/c1-25-21-17(13-15-7-3-5-9-19(15)23-21)11-12-18-14-16-8-4-6-10-20(16)24-22(18)26-2/h3-14H,1-2H3/b12-11-. The minimum atomic E-state index is 0.590. The third kappa shape index (κ3) is 2.97. The van der Waals surface area contributed by atoms with Gasteiger partial charge in [0.25, 0.3) is 0 Å². The zero-order chi connectivity index (χ0) is 17.9. The molecule has 2 aromatic carbocycles. The number of nitrogens with zero attached hydrogens (tertiary/aromatic N) is 2. The van der Waals surface area contributed by atoms with Crippen molar-refractivity contribution in [3.8, 4) is 11.8 Å². The van der Waals surface area contributed by atoms with Crippen molar-refractivity contribution in [2.75, 3.05) is 14.2 Å². The Bertz CT molecular complexity index is 1030. The maximum absolute atomic E-state index is 5.46. The van der Waals surface area contributed by atoms with Crippen LogP contribution in [0.3, 0.4) is 0 Å². The van der Waals surface area contributed by atoms with Gasteiger partial charge in [0.15, 0.2) is 0 Å². The van der Waals surface area contributed by atoms with E-state index in [4.69, 9.17) is 9.47 Å². The Labute approximate surface area is 151 Å². The van der Waals surface area contributed by atoms with Crippen LogP contribution in [0.1, 0.15) is 11.1 Å². The Morgan fingerprint density at radius 1 is 0.654 bits per heavy atom. The second-order valence-corrected chi connectivity index (χ2v) is 5.89. The molecule has 2 heterocycles. The highest BCUT2D eigenvalue weighted by molar-refractivity contribution is 5.87. The topological polar surface area (TPSA) is 44.2 Å². The van der Waals surface area contributed by atoms with E-state index >= 15 is 0 Å². The highest BCUT2D eigenvalue weighted by Gasteiger charge is 2.07. The van der Waals surface area contributed by atoms with Gasteiger partial charge in [-0.15, -0.1) is 0 Å². The molecule has 0 bridgehead atoms. The second-order valence-electron chi connectivity index (χ2n) is 5.89. The Balaban J connectivity index is 1.80. The number of aromatic nitrogens is 2. The molecule has 4 nitrogen and oxygen atoms in total. The minimum absolute atomic E-state index is 0.590. The third-order valence-electron chi connectivity index (χ3n) is 4.26. The molecule has 0 atom stereocenters. The SMILES string of the molecule is COc1nc2ccccc2cc1/C=C\c1cc2ccccc2nc1OC. The van der Waals surface area contributed by atoms with Gasteiger partial charge in [-0.05, 0) is 36.4 Å². The lowest BCUT2D eigenvalue weighted by molar-refractivity contribution is 0.398. The zero-order valence-electron chi connectivity index (χ0n) is 14.6. The quantitative estimate of drug-likeness (QED) is 0.525. The highest BCUT2D eigenvalue weighted by atomic mass is 16.5. The summed E-state index contributed by atoms with van der Waals surface area (Å²) in [5, 5.41) is 2.13. The Hall–Kier alpha value is -3.40. The van der Waals surface area contributed by atoms with Crippen molar-refractivity contribution in [2.24, 2.45) is 0 Å². The lowest BCUT2D eigenvalue weighted by Gasteiger charge is -2.08. The first-order chi connectivity index (χ1) is 12.8. The molecular weight excluding hydrogens is 324 g/mol. The van der Waals surface area contributed by atoms with Gasteiger partial charge in [0.2, 0.25) is 11.8 Å². The number of rotatable bonds is 4. The number of benzene rings is 2. The molecule has 2 aromatic heterocycles. The molecule has 4 heteroatoms. The van der Waals surface area contributed by atoms with Crippen molar-refractivity contribution < 1.29 is 9.47 Å². The first-order valence-electron chi connectivity index (χ1n) is 8.34. The molecule has 0 aliphatic carbocycles. The van der Waals surface area contributed by atoms with Crippen molar-refractivity contribution in [1.82, 2.24) is 9.97 Å². The number of pyridine rings is 2. The fourth-order valence-corrected chi connectivity index (χ4v) is 2.97. The maximum atomic E-state index is 5.46. The molecule has 0 amide bonds. The minimum Gasteiger partial charge on any atom is -0.481 e. The summed E-state index contributed by atoms with van der Waals surface area (Å²) in [4.78, 5) is 9.16. The van der Waals surface area contributed by atoms with Gasteiger partial charge in [0.05, 0.1) is 25.3 Å². The molecule has 0 unspecified atom stereocenters. The number of fused-ring (bicyclic) bond motifs is 2. The zero-order valence-corrected chi connectivity index (χ0v) is 14.6. The number of ether oxygens (including phenoxy) is 2. The average Bonchev–Trinajstić information content (AvgIpc) is 2.70. The molecule has 0 fully saturated rings. The lowest BCUT2D eigenvalue weighted by atomic mass is 10.1. The number of methoxy groups -OCH3 is 2. The van der Waals surface area contributed by atoms with Gasteiger partial charge in [-0.25, -0.2) is 9.97 Å². The van der Waals surface area contributed by atoms with Gasteiger partial charge in [-0.1, -0.05) is 36.4 Å². The van der Waals surface area contributed by atoms with Gasteiger partial charge < -0.3 is 9.47 Å². The Kier molecular flexibility index (Phi) is 4.23. The molecule has 0 saturated heterocycles. The van der Waals surface area contributed by atoms with E-state index in [2.05, 4.69) is 22.1 Å². The van der Waals surface area contributed by atoms with Crippen LogP contribution in [0.5, 0.6) is 11.8 Å². The predicted octanol–water partition coefficient (Wildman–Crippen LogP) is 4.97. The number of hydrogen-bond acceptors (Lipinski definition) is 4. The number of para-hydroxylation sites is 2. The van der Waals surface area contributed by atoms with Crippen molar-refractivity contribution >= 4 is 34.0 Å². The van der Waals surface area contributed by atoms with Crippen LogP contribution >= 0.6 is 0 Å². The van der Waals surface area contributed by atoms with E-state index in [0.717, 1.165) is 32.9 Å². The van der Waals surface area contributed by atoms with Crippen LogP contribution in [0.15, 0.2) is 60.7 Å². The van der Waals surface area contributed by atoms with Crippen molar-refractivity contribution in [3.63, 3.8) is 0 Å². The van der Waals surface area contributed by atoms with E-state index in [9.17, 15) is 0 Å². The summed E-state index contributed by atoms with van der Waals surface area (Å²) in [5.74, 6) is 1.18. The third-order valence-corrected chi connectivity index (χ3v) is 4.26. The summed E-state index contributed by atoms with van der Waals surface area (Å²) in [7, 11) is 3.26. The van der Waals surface area contributed by atoms with Gasteiger partial charge in [-0.2, -0.15) is 0 Å². The monoisotopic (exact) mass is 342 g/mol. The summed E-state index contributed by atoms with van der Waals surface area (Å²) >= 11 is 0. The predicted molar refractivity (Wildman–Crippen MR) is 106 cm³/mol. The molecule has 26 heavy (non-hydrogen) atoms. The molecule has 0 N–H and O–H groups in total. The first-order valence-corrected chi connectivity index (χ1v) is 8.34.